The zero-order valence-electron chi connectivity index (χ0n) is 17.3. The number of oxazole rings is 2. The summed E-state index contributed by atoms with van der Waals surface area (Å²) in [7, 11) is 0. The molecule has 6 heteroatoms. The molecular weight excluding hydrogens is 342 g/mol. The molecule has 0 aliphatic carbocycles. The fourth-order valence-corrected chi connectivity index (χ4v) is 3.23. The van der Waals surface area contributed by atoms with Crippen LogP contribution in [0, 0.1) is 6.92 Å². The Hall–Kier alpha value is -2.37. The van der Waals surface area contributed by atoms with E-state index in [2.05, 4.69) is 56.7 Å². The summed E-state index contributed by atoms with van der Waals surface area (Å²) in [5, 5.41) is 4.13. The molecular formula is C21H29N3O3. The molecule has 0 amide bonds. The topological polar surface area (TPSA) is 78.1 Å². The largest absolute Gasteiger partial charge is 0.445 e. The summed E-state index contributed by atoms with van der Waals surface area (Å²) in [4.78, 5) is 8.98. The van der Waals surface area contributed by atoms with Gasteiger partial charge < -0.3 is 13.4 Å². The summed E-state index contributed by atoms with van der Waals surface area (Å²) in [6.45, 7) is 14.7. The Balaban J connectivity index is 1.70. The Morgan fingerprint density at radius 1 is 1.07 bits per heavy atom. The Morgan fingerprint density at radius 2 is 1.81 bits per heavy atom. The van der Waals surface area contributed by atoms with Crippen LogP contribution in [-0.2, 0) is 18.3 Å². The molecule has 6 nitrogen and oxygen atoms in total. The van der Waals surface area contributed by atoms with Crippen LogP contribution in [0.3, 0.4) is 0 Å². The maximum absolute atomic E-state index is 5.98. The van der Waals surface area contributed by atoms with Crippen LogP contribution in [0.15, 0.2) is 25.8 Å². The summed E-state index contributed by atoms with van der Waals surface area (Å²) in [5.41, 5.74) is 2.88. The Kier molecular flexibility index (Phi) is 5.27. The van der Waals surface area contributed by atoms with Crippen molar-refractivity contribution in [2.24, 2.45) is 0 Å². The van der Waals surface area contributed by atoms with Gasteiger partial charge in [0.1, 0.15) is 17.8 Å². The Morgan fingerprint density at radius 3 is 2.44 bits per heavy atom. The first-order chi connectivity index (χ1) is 12.6. The second-order valence-electron chi connectivity index (χ2n) is 8.58. The molecule has 1 unspecified atom stereocenters. The fourth-order valence-electron chi connectivity index (χ4n) is 3.23. The second kappa shape index (κ2) is 7.33. The van der Waals surface area contributed by atoms with Gasteiger partial charge in [0, 0.05) is 23.8 Å². The summed E-state index contributed by atoms with van der Waals surface area (Å²) in [5.74, 6) is 3.63. The van der Waals surface area contributed by atoms with Gasteiger partial charge in [-0.25, -0.2) is 9.97 Å². The van der Waals surface area contributed by atoms with E-state index in [0.29, 0.717) is 24.7 Å². The molecule has 3 heterocycles. The first-order valence-electron chi connectivity index (χ1n) is 9.49. The van der Waals surface area contributed by atoms with Crippen LogP contribution in [0.4, 0.5) is 0 Å². The van der Waals surface area contributed by atoms with Crippen molar-refractivity contribution in [3.05, 3.63) is 52.7 Å². The van der Waals surface area contributed by atoms with Crippen molar-refractivity contribution in [3.63, 3.8) is 0 Å². The Labute approximate surface area is 160 Å². The number of aryl methyl sites for hydroxylation is 1. The van der Waals surface area contributed by atoms with E-state index in [9.17, 15) is 0 Å². The summed E-state index contributed by atoms with van der Waals surface area (Å²) in [6.07, 6.45) is 4.69. The van der Waals surface area contributed by atoms with Crippen LogP contribution in [0.5, 0.6) is 0 Å². The predicted octanol–water partition coefficient (Wildman–Crippen LogP) is 5.32. The fraction of sp³-hybridized carbons (Fsp3) is 0.571. The van der Waals surface area contributed by atoms with Crippen LogP contribution >= 0.6 is 0 Å². The molecule has 0 fully saturated rings. The molecule has 0 spiro atoms. The van der Waals surface area contributed by atoms with Crippen LogP contribution in [0.1, 0.15) is 93.6 Å². The molecule has 0 bridgehead atoms. The van der Waals surface area contributed by atoms with Gasteiger partial charge in [-0.2, -0.15) is 0 Å². The lowest BCUT2D eigenvalue weighted by atomic mass is 9.87. The third-order valence-corrected chi connectivity index (χ3v) is 4.71. The highest BCUT2D eigenvalue weighted by Crippen LogP contribution is 2.28. The minimum atomic E-state index is -0.0328. The lowest BCUT2D eigenvalue weighted by Gasteiger charge is -2.16. The number of aromatic nitrogens is 3. The maximum Gasteiger partial charge on any atom is 0.200 e. The quantitative estimate of drug-likeness (QED) is 0.584. The summed E-state index contributed by atoms with van der Waals surface area (Å²) < 4.78 is 17.1. The smallest absolute Gasteiger partial charge is 0.200 e. The van der Waals surface area contributed by atoms with Crippen LogP contribution in [0.25, 0.3) is 0 Å². The minimum absolute atomic E-state index is 0.0328. The van der Waals surface area contributed by atoms with Gasteiger partial charge in [0.2, 0.25) is 5.89 Å². The number of hydrogen-bond acceptors (Lipinski definition) is 6. The SMILES string of the molecule is Cc1nc(CC(C)c2cnc(Cc3nocc3C(C)(C)C)o2)oc1C(C)C. The number of hydrogen-bond donors (Lipinski definition) is 0. The normalized spacial score (nSPS) is 13.5. The lowest BCUT2D eigenvalue weighted by Crippen LogP contribution is -2.13. The van der Waals surface area contributed by atoms with Gasteiger partial charge in [0.25, 0.3) is 0 Å². The molecule has 3 aromatic heterocycles. The molecule has 1 atom stereocenters. The first kappa shape index (κ1) is 19.4. The van der Waals surface area contributed by atoms with Crippen molar-refractivity contribution in [3.8, 4) is 0 Å². The van der Waals surface area contributed by atoms with E-state index >= 15 is 0 Å². The van der Waals surface area contributed by atoms with Crippen LogP contribution in [-0.4, -0.2) is 15.1 Å². The highest BCUT2D eigenvalue weighted by atomic mass is 16.5. The van der Waals surface area contributed by atoms with Crippen LogP contribution in [0.2, 0.25) is 0 Å². The zero-order chi connectivity index (χ0) is 19.8. The van der Waals surface area contributed by atoms with Crippen LogP contribution < -0.4 is 0 Å². The zero-order valence-corrected chi connectivity index (χ0v) is 17.3. The standard InChI is InChI=1S/C21H29N3O3/c1-12(2)20-14(4)23-19(27-20)8-13(3)17-10-22-18(26-17)9-16-15(11-25-24-16)21(5,6)7/h10-13H,8-9H2,1-7H3. The molecule has 0 saturated carbocycles. The van der Waals surface area contributed by atoms with E-state index in [1.54, 1.807) is 12.5 Å². The van der Waals surface area contributed by atoms with Gasteiger partial charge in [-0.15, -0.1) is 0 Å². The van der Waals surface area contributed by atoms with Crippen molar-refractivity contribution in [2.45, 2.75) is 78.6 Å². The highest BCUT2D eigenvalue weighted by Gasteiger charge is 2.24. The van der Waals surface area contributed by atoms with Gasteiger partial charge in [-0.3, -0.25) is 0 Å². The molecule has 27 heavy (non-hydrogen) atoms. The van der Waals surface area contributed by atoms with E-state index in [4.69, 9.17) is 13.4 Å². The molecule has 0 aliphatic heterocycles. The number of nitrogens with zero attached hydrogens (tertiary/aromatic N) is 3. The third kappa shape index (κ3) is 4.31. The van der Waals surface area contributed by atoms with E-state index in [-0.39, 0.29) is 11.3 Å². The van der Waals surface area contributed by atoms with E-state index in [0.717, 1.165) is 34.4 Å². The van der Waals surface area contributed by atoms with E-state index in [1.807, 2.05) is 6.92 Å². The van der Waals surface area contributed by atoms with Crippen molar-refractivity contribution < 1.29 is 13.4 Å². The minimum Gasteiger partial charge on any atom is -0.445 e. The predicted molar refractivity (Wildman–Crippen MR) is 102 cm³/mol. The van der Waals surface area contributed by atoms with Gasteiger partial charge in [0.15, 0.2) is 5.89 Å². The highest BCUT2D eigenvalue weighted by molar-refractivity contribution is 5.25. The van der Waals surface area contributed by atoms with Crippen molar-refractivity contribution in [1.82, 2.24) is 15.1 Å². The maximum atomic E-state index is 5.98. The van der Waals surface area contributed by atoms with Gasteiger partial charge in [0.05, 0.1) is 24.0 Å². The summed E-state index contributed by atoms with van der Waals surface area (Å²) >= 11 is 0. The van der Waals surface area contributed by atoms with Gasteiger partial charge >= 0.3 is 0 Å². The molecule has 0 aliphatic rings. The molecule has 0 radical (unpaired) electrons. The van der Waals surface area contributed by atoms with Crippen molar-refractivity contribution in [1.29, 1.82) is 0 Å². The average Bonchev–Trinajstić information content (AvgIpc) is 3.27. The average molecular weight is 371 g/mol. The summed E-state index contributed by atoms with van der Waals surface area (Å²) in [6, 6.07) is 0. The molecule has 3 rings (SSSR count). The van der Waals surface area contributed by atoms with Gasteiger partial charge in [-0.1, -0.05) is 46.7 Å². The molecule has 3 aromatic rings. The van der Waals surface area contributed by atoms with E-state index < -0.39 is 0 Å². The van der Waals surface area contributed by atoms with Crippen molar-refractivity contribution >= 4 is 0 Å². The third-order valence-electron chi connectivity index (χ3n) is 4.71. The molecule has 0 aromatic carbocycles. The molecule has 146 valence electrons. The molecule has 0 saturated heterocycles. The van der Waals surface area contributed by atoms with Crippen molar-refractivity contribution in [2.75, 3.05) is 0 Å². The first-order valence-corrected chi connectivity index (χ1v) is 9.49. The van der Waals surface area contributed by atoms with E-state index in [1.165, 1.54) is 0 Å². The lowest BCUT2D eigenvalue weighted by molar-refractivity contribution is 0.391. The Bertz CT molecular complexity index is 896. The molecule has 0 N–H and O–H groups in total. The monoisotopic (exact) mass is 371 g/mol. The van der Waals surface area contributed by atoms with Gasteiger partial charge in [-0.05, 0) is 12.3 Å². The second-order valence-corrected chi connectivity index (χ2v) is 8.58. The number of rotatable bonds is 6.